The lowest BCUT2D eigenvalue weighted by Gasteiger charge is -2.26. The zero-order valence-corrected chi connectivity index (χ0v) is 11.7. The summed E-state index contributed by atoms with van der Waals surface area (Å²) in [6.07, 6.45) is 2.71. The van der Waals surface area contributed by atoms with Crippen LogP contribution in [0.1, 0.15) is 30.4 Å². The predicted molar refractivity (Wildman–Crippen MR) is 76.2 cm³/mol. The lowest BCUT2D eigenvalue weighted by molar-refractivity contribution is -0.133. The molecule has 1 amide bonds. The zero-order valence-electron chi connectivity index (χ0n) is 11.7. The number of nitrogens with zero attached hydrogens (tertiary/aromatic N) is 1. The SMILES string of the molecule is COc1ccc(CN2CCCCC2=O)cc1C#CCO. The van der Waals surface area contributed by atoms with Crippen molar-refractivity contribution in [2.75, 3.05) is 20.3 Å². The van der Waals surface area contributed by atoms with Crippen LogP contribution in [0, 0.1) is 11.8 Å². The Labute approximate surface area is 119 Å². The van der Waals surface area contributed by atoms with Crippen molar-refractivity contribution in [2.24, 2.45) is 0 Å². The molecular formula is C16H19NO3. The third-order valence-corrected chi connectivity index (χ3v) is 3.36. The Bertz CT molecular complexity index is 542. The van der Waals surface area contributed by atoms with E-state index in [2.05, 4.69) is 11.8 Å². The second-order valence-corrected chi connectivity index (χ2v) is 4.77. The Morgan fingerprint density at radius 2 is 2.25 bits per heavy atom. The second kappa shape index (κ2) is 6.97. The van der Waals surface area contributed by atoms with Gasteiger partial charge in [0.1, 0.15) is 12.4 Å². The molecule has 1 N–H and O–H groups in total. The van der Waals surface area contributed by atoms with Gasteiger partial charge in [0.05, 0.1) is 12.7 Å². The van der Waals surface area contributed by atoms with E-state index >= 15 is 0 Å². The van der Waals surface area contributed by atoms with Gasteiger partial charge >= 0.3 is 0 Å². The number of methoxy groups -OCH3 is 1. The Balaban J connectivity index is 2.17. The number of rotatable bonds is 3. The fourth-order valence-electron chi connectivity index (χ4n) is 2.34. The summed E-state index contributed by atoms with van der Waals surface area (Å²) in [5.74, 6) is 6.40. The molecule has 20 heavy (non-hydrogen) atoms. The largest absolute Gasteiger partial charge is 0.495 e. The first-order valence-corrected chi connectivity index (χ1v) is 6.79. The van der Waals surface area contributed by atoms with Crippen molar-refractivity contribution >= 4 is 5.91 Å². The minimum Gasteiger partial charge on any atom is -0.495 e. The summed E-state index contributed by atoms with van der Waals surface area (Å²) < 4.78 is 5.24. The van der Waals surface area contributed by atoms with Gasteiger partial charge in [-0.25, -0.2) is 0 Å². The Morgan fingerprint density at radius 1 is 1.40 bits per heavy atom. The third-order valence-electron chi connectivity index (χ3n) is 3.36. The second-order valence-electron chi connectivity index (χ2n) is 4.77. The number of carbonyl (C=O) groups excluding carboxylic acids is 1. The van der Waals surface area contributed by atoms with E-state index in [1.807, 2.05) is 23.1 Å². The normalized spacial score (nSPS) is 14.7. The monoisotopic (exact) mass is 273 g/mol. The summed E-state index contributed by atoms with van der Waals surface area (Å²) in [6, 6.07) is 5.72. The van der Waals surface area contributed by atoms with E-state index in [0.29, 0.717) is 18.7 Å². The third kappa shape index (κ3) is 3.52. The van der Waals surface area contributed by atoms with Crippen molar-refractivity contribution in [1.82, 2.24) is 4.90 Å². The number of aliphatic hydroxyl groups is 1. The number of hydrogen-bond acceptors (Lipinski definition) is 3. The molecule has 0 radical (unpaired) electrons. The molecule has 1 saturated heterocycles. The zero-order chi connectivity index (χ0) is 14.4. The van der Waals surface area contributed by atoms with Crippen LogP contribution in [0.5, 0.6) is 5.75 Å². The maximum atomic E-state index is 11.8. The molecule has 1 aromatic rings. The van der Waals surface area contributed by atoms with Crippen LogP contribution in [0.25, 0.3) is 0 Å². The first-order chi connectivity index (χ1) is 9.74. The topological polar surface area (TPSA) is 49.8 Å². The van der Waals surface area contributed by atoms with E-state index in [1.165, 1.54) is 0 Å². The summed E-state index contributed by atoms with van der Waals surface area (Å²) in [5, 5.41) is 8.79. The van der Waals surface area contributed by atoms with Gasteiger partial charge in [-0.05, 0) is 30.5 Å². The molecular weight excluding hydrogens is 254 g/mol. The van der Waals surface area contributed by atoms with Crippen molar-refractivity contribution in [3.63, 3.8) is 0 Å². The van der Waals surface area contributed by atoms with Crippen molar-refractivity contribution in [2.45, 2.75) is 25.8 Å². The Hall–Kier alpha value is -1.99. The number of aliphatic hydroxyl groups excluding tert-OH is 1. The molecule has 0 spiro atoms. The van der Waals surface area contributed by atoms with E-state index < -0.39 is 0 Å². The molecule has 1 aliphatic rings. The standard InChI is InChI=1S/C16H19NO3/c1-20-15-8-7-13(11-14(15)5-4-10-18)12-17-9-3-2-6-16(17)19/h7-8,11,18H,2-3,6,9-10,12H2,1H3. The van der Waals surface area contributed by atoms with Gasteiger partial charge in [-0.15, -0.1) is 0 Å². The van der Waals surface area contributed by atoms with Gasteiger partial charge in [-0.2, -0.15) is 0 Å². The van der Waals surface area contributed by atoms with Gasteiger partial charge in [0.25, 0.3) is 0 Å². The van der Waals surface area contributed by atoms with Crippen LogP contribution in [-0.4, -0.2) is 36.2 Å². The van der Waals surface area contributed by atoms with E-state index in [4.69, 9.17) is 9.84 Å². The highest BCUT2D eigenvalue weighted by Crippen LogP contribution is 2.21. The summed E-state index contributed by atoms with van der Waals surface area (Å²) in [5.41, 5.74) is 1.77. The molecule has 4 nitrogen and oxygen atoms in total. The number of amides is 1. The number of benzene rings is 1. The predicted octanol–water partition coefficient (Wildman–Crippen LogP) is 1.55. The molecule has 1 fully saturated rings. The molecule has 4 heteroatoms. The molecule has 106 valence electrons. The lowest BCUT2D eigenvalue weighted by atomic mass is 10.1. The number of hydrogen-bond donors (Lipinski definition) is 1. The minimum atomic E-state index is -0.183. The van der Waals surface area contributed by atoms with Crippen LogP contribution in [0.15, 0.2) is 18.2 Å². The van der Waals surface area contributed by atoms with Gasteiger partial charge in [0.15, 0.2) is 0 Å². The van der Waals surface area contributed by atoms with Gasteiger partial charge < -0.3 is 14.7 Å². The number of ether oxygens (including phenoxy) is 1. The number of carbonyl (C=O) groups is 1. The highest BCUT2D eigenvalue weighted by molar-refractivity contribution is 5.76. The lowest BCUT2D eigenvalue weighted by Crippen LogP contribution is -2.34. The van der Waals surface area contributed by atoms with E-state index in [1.54, 1.807) is 7.11 Å². The van der Waals surface area contributed by atoms with Crippen molar-refractivity contribution in [3.8, 4) is 17.6 Å². The molecule has 1 heterocycles. The smallest absolute Gasteiger partial charge is 0.222 e. The molecule has 0 atom stereocenters. The molecule has 0 aliphatic carbocycles. The van der Waals surface area contributed by atoms with Gasteiger partial charge in [-0.3, -0.25) is 4.79 Å². The van der Waals surface area contributed by atoms with E-state index in [0.717, 1.165) is 30.5 Å². The maximum Gasteiger partial charge on any atom is 0.222 e. The summed E-state index contributed by atoms with van der Waals surface area (Å²) in [7, 11) is 1.59. The number of piperidine rings is 1. The van der Waals surface area contributed by atoms with E-state index in [-0.39, 0.29) is 12.5 Å². The Kier molecular flexibility index (Phi) is 5.03. The highest BCUT2D eigenvalue weighted by atomic mass is 16.5. The molecule has 1 aromatic carbocycles. The van der Waals surface area contributed by atoms with Crippen molar-refractivity contribution in [3.05, 3.63) is 29.3 Å². The average molecular weight is 273 g/mol. The minimum absolute atomic E-state index is 0.183. The average Bonchev–Trinajstić information content (AvgIpc) is 2.47. The van der Waals surface area contributed by atoms with E-state index in [9.17, 15) is 4.79 Å². The van der Waals surface area contributed by atoms with Crippen LogP contribution in [0.3, 0.4) is 0 Å². The van der Waals surface area contributed by atoms with Crippen LogP contribution in [0.4, 0.5) is 0 Å². The summed E-state index contributed by atoms with van der Waals surface area (Å²) >= 11 is 0. The van der Waals surface area contributed by atoms with Crippen molar-refractivity contribution < 1.29 is 14.6 Å². The fraction of sp³-hybridized carbons (Fsp3) is 0.438. The molecule has 0 unspecified atom stereocenters. The van der Waals surface area contributed by atoms with Crippen LogP contribution >= 0.6 is 0 Å². The first kappa shape index (κ1) is 14.4. The molecule has 0 bridgehead atoms. The Morgan fingerprint density at radius 3 is 2.95 bits per heavy atom. The van der Waals surface area contributed by atoms with Gasteiger partial charge in [0, 0.05) is 19.5 Å². The summed E-state index contributed by atoms with van der Waals surface area (Å²) in [6.45, 7) is 1.25. The van der Waals surface area contributed by atoms with Crippen LogP contribution in [0.2, 0.25) is 0 Å². The first-order valence-electron chi connectivity index (χ1n) is 6.79. The molecule has 1 aliphatic heterocycles. The fourth-order valence-corrected chi connectivity index (χ4v) is 2.34. The quantitative estimate of drug-likeness (QED) is 0.850. The summed E-state index contributed by atoms with van der Waals surface area (Å²) in [4.78, 5) is 13.7. The molecule has 2 rings (SSSR count). The van der Waals surface area contributed by atoms with Gasteiger partial charge in [0.2, 0.25) is 5.91 Å². The van der Waals surface area contributed by atoms with Gasteiger partial charge in [-0.1, -0.05) is 17.9 Å². The van der Waals surface area contributed by atoms with Crippen LogP contribution in [-0.2, 0) is 11.3 Å². The highest BCUT2D eigenvalue weighted by Gasteiger charge is 2.18. The van der Waals surface area contributed by atoms with Crippen LogP contribution < -0.4 is 4.74 Å². The number of likely N-dealkylation sites (tertiary alicyclic amines) is 1. The molecule has 0 saturated carbocycles. The van der Waals surface area contributed by atoms with Crippen molar-refractivity contribution in [1.29, 1.82) is 0 Å². The molecule has 0 aromatic heterocycles. The maximum absolute atomic E-state index is 11.8.